The molecule has 0 aliphatic heterocycles. The SMILES string of the molecule is CC(NC(=O)NCC(C)(O)C(C)C)c1ccncc1. The second-order valence-electron chi connectivity index (χ2n) is 5.34. The van der Waals surface area contributed by atoms with Crippen molar-refractivity contribution < 1.29 is 9.90 Å². The van der Waals surface area contributed by atoms with Gasteiger partial charge in [0.05, 0.1) is 11.6 Å². The van der Waals surface area contributed by atoms with Gasteiger partial charge in [-0.2, -0.15) is 0 Å². The van der Waals surface area contributed by atoms with Gasteiger partial charge >= 0.3 is 6.03 Å². The number of nitrogens with zero attached hydrogens (tertiary/aromatic N) is 1. The summed E-state index contributed by atoms with van der Waals surface area (Å²) in [5.74, 6) is 0.0745. The molecule has 2 amide bonds. The molecule has 0 fully saturated rings. The largest absolute Gasteiger partial charge is 0.388 e. The molecule has 0 aliphatic rings. The summed E-state index contributed by atoms with van der Waals surface area (Å²) in [6.45, 7) is 7.66. The van der Waals surface area contributed by atoms with Gasteiger partial charge in [0.25, 0.3) is 0 Å². The van der Waals surface area contributed by atoms with Crippen molar-refractivity contribution in [3.8, 4) is 0 Å². The van der Waals surface area contributed by atoms with Gasteiger partial charge in [0.15, 0.2) is 0 Å². The van der Waals surface area contributed by atoms with Crippen LogP contribution in [0.4, 0.5) is 4.79 Å². The van der Waals surface area contributed by atoms with Crippen molar-refractivity contribution in [2.75, 3.05) is 6.54 Å². The van der Waals surface area contributed by atoms with Crippen molar-refractivity contribution in [1.82, 2.24) is 15.6 Å². The summed E-state index contributed by atoms with van der Waals surface area (Å²) in [5.41, 5.74) is 0.0813. The first-order valence-electron chi connectivity index (χ1n) is 6.49. The lowest BCUT2D eigenvalue weighted by atomic mass is 9.93. The van der Waals surface area contributed by atoms with Gasteiger partial charge in [-0.05, 0) is 37.5 Å². The summed E-state index contributed by atoms with van der Waals surface area (Å²) in [4.78, 5) is 15.7. The van der Waals surface area contributed by atoms with Crippen molar-refractivity contribution in [2.24, 2.45) is 5.92 Å². The molecule has 1 heterocycles. The molecule has 0 aliphatic carbocycles. The van der Waals surface area contributed by atoms with Crippen LogP contribution in [-0.4, -0.2) is 28.3 Å². The van der Waals surface area contributed by atoms with Crippen molar-refractivity contribution >= 4 is 6.03 Å². The highest BCUT2D eigenvalue weighted by molar-refractivity contribution is 5.74. The topological polar surface area (TPSA) is 74.2 Å². The Morgan fingerprint density at radius 1 is 1.37 bits per heavy atom. The van der Waals surface area contributed by atoms with E-state index in [0.717, 1.165) is 5.56 Å². The first-order chi connectivity index (χ1) is 8.83. The van der Waals surface area contributed by atoms with Gasteiger partial charge in [-0.15, -0.1) is 0 Å². The van der Waals surface area contributed by atoms with E-state index in [-0.39, 0.29) is 24.5 Å². The Hall–Kier alpha value is -1.62. The molecular weight excluding hydrogens is 242 g/mol. The Kier molecular flexibility index (Phi) is 5.30. The summed E-state index contributed by atoms with van der Waals surface area (Å²) in [7, 11) is 0. The highest BCUT2D eigenvalue weighted by Gasteiger charge is 2.25. The number of carbonyl (C=O) groups is 1. The molecule has 3 N–H and O–H groups in total. The minimum atomic E-state index is -0.906. The molecule has 0 aromatic carbocycles. The van der Waals surface area contributed by atoms with Gasteiger partial charge in [-0.3, -0.25) is 4.98 Å². The smallest absolute Gasteiger partial charge is 0.315 e. The Morgan fingerprint density at radius 3 is 2.47 bits per heavy atom. The normalized spacial score (nSPS) is 15.7. The fourth-order valence-corrected chi connectivity index (χ4v) is 1.45. The maximum atomic E-state index is 11.7. The van der Waals surface area contributed by atoms with Crippen LogP contribution in [0, 0.1) is 5.92 Å². The second-order valence-corrected chi connectivity index (χ2v) is 5.34. The molecule has 1 aromatic rings. The van der Waals surface area contributed by atoms with Crippen LogP contribution in [0.15, 0.2) is 24.5 Å². The van der Waals surface area contributed by atoms with Crippen LogP contribution in [0.5, 0.6) is 0 Å². The molecule has 1 rings (SSSR count). The van der Waals surface area contributed by atoms with E-state index in [2.05, 4.69) is 15.6 Å². The lowest BCUT2D eigenvalue weighted by Gasteiger charge is -2.28. The van der Waals surface area contributed by atoms with Crippen molar-refractivity contribution in [3.63, 3.8) is 0 Å². The van der Waals surface area contributed by atoms with Gasteiger partial charge < -0.3 is 15.7 Å². The third kappa shape index (κ3) is 4.87. The molecule has 0 radical (unpaired) electrons. The third-order valence-corrected chi connectivity index (χ3v) is 3.40. The molecule has 5 heteroatoms. The van der Waals surface area contributed by atoms with Gasteiger partial charge in [0, 0.05) is 18.9 Å². The molecule has 0 saturated heterocycles. The molecule has 19 heavy (non-hydrogen) atoms. The van der Waals surface area contributed by atoms with E-state index in [9.17, 15) is 9.90 Å². The fraction of sp³-hybridized carbons (Fsp3) is 0.571. The zero-order chi connectivity index (χ0) is 14.5. The highest BCUT2D eigenvalue weighted by atomic mass is 16.3. The first-order valence-corrected chi connectivity index (χ1v) is 6.49. The Morgan fingerprint density at radius 2 is 1.95 bits per heavy atom. The van der Waals surface area contributed by atoms with E-state index in [4.69, 9.17) is 0 Å². The number of pyridine rings is 1. The molecule has 2 unspecified atom stereocenters. The summed E-state index contributed by atoms with van der Waals surface area (Å²) in [6, 6.07) is 3.32. The molecule has 0 bridgehead atoms. The van der Waals surface area contributed by atoms with Gasteiger partial charge in [-0.1, -0.05) is 13.8 Å². The highest BCUT2D eigenvalue weighted by Crippen LogP contribution is 2.14. The maximum Gasteiger partial charge on any atom is 0.315 e. The van der Waals surface area contributed by atoms with Crippen LogP contribution in [0.3, 0.4) is 0 Å². The Bertz CT molecular complexity index is 404. The first kappa shape index (κ1) is 15.4. The Labute approximate surface area is 114 Å². The van der Waals surface area contributed by atoms with Crippen molar-refractivity contribution in [2.45, 2.75) is 39.3 Å². The summed E-state index contributed by atoms with van der Waals surface area (Å²) >= 11 is 0. The van der Waals surface area contributed by atoms with E-state index in [1.807, 2.05) is 32.9 Å². The number of urea groups is 1. The number of nitrogens with one attached hydrogen (secondary N) is 2. The molecule has 0 spiro atoms. The third-order valence-electron chi connectivity index (χ3n) is 3.40. The number of hydrogen-bond donors (Lipinski definition) is 3. The molecule has 0 saturated carbocycles. The molecule has 2 atom stereocenters. The van der Waals surface area contributed by atoms with Crippen LogP contribution < -0.4 is 10.6 Å². The van der Waals surface area contributed by atoms with Crippen LogP contribution >= 0.6 is 0 Å². The monoisotopic (exact) mass is 265 g/mol. The lowest BCUT2D eigenvalue weighted by Crippen LogP contribution is -2.47. The van der Waals surface area contributed by atoms with E-state index < -0.39 is 5.60 Å². The summed E-state index contributed by atoms with van der Waals surface area (Å²) in [5, 5.41) is 15.5. The number of carbonyl (C=O) groups excluding carboxylic acids is 1. The predicted octanol–water partition coefficient (Wildman–Crippen LogP) is 1.85. The van der Waals surface area contributed by atoms with Crippen LogP contribution in [0.1, 0.15) is 39.3 Å². The number of rotatable bonds is 5. The minimum Gasteiger partial charge on any atom is -0.388 e. The van der Waals surface area contributed by atoms with Crippen molar-refractivity contribution in [3.05, 3.63) is 30.1 Å². The zero-order valence-corrected chi connectivity index (χ0v) is 12.0. The van der Waals surface area contributed by atoms with Crippen LogP contribution in [-0.2, 0) is 0 Å². The van der Waals surface area contributed by atoms with Gasteiger partial charge in [-0.25, -0.2) is 4.79 Å². The summed E-state index contributed by atoms with van der Waals surface area (Å²) in [6.07, 6.45) is 3.38. The fourth-order valence-electron chi connectivity index (χ4n) is 1.45. The quantitative estimate of drug-likeness (QED) is 0.760. The average Bonchev–Trinajstić information content (AvgIpc) is 2.37. The predicted molar refractivity (Wildman–Crippen MR) is 74.6 cm³/mol. The van der Waals surface area contributed by atoms with Gasteiger partial charge in [0.1, 0.15) is 0 Å². The van der Waals surface area contributed by atoms with Gasteiger partial charge in [0.2, 0.25) is 0 Å². The number of aliphatic hydroxyl groups is 1. The summed E-state index contributed by atoms with van der Waals surface area (Å²) < 4.78 is 0. The molecule has 5 nitrogen and oxygen atoms in total. The lowest BCUT2D eigenvalue weighted by molar-refractivity contribution is 0.0165. The van der Waals surface area contributed by atoms with Crippen LogP contribution in [0.25, 0.3) is 0 Å². The molecular formula is C14H23N3O2. The van der Waals surface area contributed by atoms with E-state index in [1.54, 1.807) is 19.3 Å². The zero-order valence-electron chi connectivity index (χ0n) is 12.0. The second kappa shape index (κ2) is 6.52. The number of aromatic nitrogens is 1. The number of amides is 2. The van der Waals surface area contributed by atoms with E-state index >= 15 is 0 Å². The van der Waals surface area contributed by atoms with E-state index in [0.29, 0.717) is 0 Å². The van der Waals surface area contributed by atoms with Crippen molar-refractivity contribution in [1.29, 1.82) is 0 Å². The maximum absolute atomic E-state index is 11.7. The Balaban J connectivity index is 2.44. The van der Waals surface area contributed by atoms with Crippen LogP contribution in [0.2, 0.25) is 0 Å². The molecule has 106 valence electrons. The molecule has 1 aromatic heterocycles. The number of hydrogen-bond acceptors (Lipinski definition) is 3. The standard InChI is InChI=1S/C14H23N3O2/c1-10(2)14(4,19)9-16-13(18)17-11(3)12-5-7-15-8-6-12/h5-8,10-11,19H,9H2,1-4H3,(H2,16,17,18). The van der Waals surface area contributed by atoms with E-state index in [1.165, 1.54) is 0 Å². The minimum absolute atomic E-state index is 0.0745. The average molecular weight is 265 g/mol.